The van der Waals surface area contributed by atoms with Crippen molar-refractivity contribution in [1.29, 1.82) is 0 Å². The number of carbonyl (C=O) groups excluding carboxylic acids is 1. The second-order valence-corrected chi connectivity index (χ2v) is 7.20. The zero-order valence-corrected chi connectivity index (χ0v) is 15.6. The number of nitrogen functional groups attached to an aromatic ring is 1. The van der Waals surface area contributed by atoms with Crippen molar-refractivity contribution in [3.8, 4) is 11.5 Å². The van der Waals surface area contributed by atoms with Crippen molar-refractivity contribution < 1.29 is 14.3 Å². The van der Waals surface area contributed by atoms with Crippen molar-refractivity contribution in [3.05, 3.63) is 64.5 Å². The maximum absolute atomic E-state index is 12.9. The zero-order valence-electron chi connectivity index (χ0n) is 14.8. The van der Waals surface area contributed by atoms with E-state index >= 15 is 0 Å². The fraction of sp³-hybridized carbons (Fsp3) is 0.200. The van der Waals surface area contributed by atoms with E-state index in [4.69, 9.17) is 15.2 Å². The average molecular weight is 381 g/mol. The highest BCUT2D eigenvalue weighted by molar-refractivity contribution is 7.18. The third-order valence-corrected chi connectivity index (χ3v) is 5.30. The van der Waals surface area contributed by atoms with Crippen LogP contribution >= 0.6 is 11.3 Å². The summed E-state index contributed by atoms with van der Waals surface area (Å²) in [7, 11) is 0. The van der Waals surface area contributed by atoms with Crippen molar-refractivity contribution in [2.45, 2.75) is 13.0 Å². The van der Waals surface area contributed by atoms with Gasteiger partial charge in [0, 0.05) is 5.56 Å². The molecule has 2 aromatic carbocycles. The first-order chi connectivity index (χ1) is 13.1. The standard InChI is InChI=1S/C20H19N3O3S/c1-12(13-5-3-2-4-6-13)22-20-23-19(21)18(27-20)17(24)14-7-8-15-16(11-14)26-10-9-25-15/h2-8,11-12H,9-10,21H2,1H3,(H,22,23). The molecule has 0 amide bonds. The van der Waals surface area contributed by atoms with E-state index in [2.05, 4.69) is 10.3 Å². The number of rotatable bonds is 5. The van der Waals surface area contributed by atoms with Gasteiger partial charge >= 0.3 is 0 Å². The molecular formula is C20H19N3O3S. The molecular weight excluding hydrogens is 362 g/mol. The van der Waals surface area contributed by atoms with Crippen LogP contribution < -0.4 is 20.5 Å². The lowest BCUT2D eigenvalue weighted by Gasteiger charge is -2.18. The molecule has 0 fully saturated rings. The molecule has 1 aliphatic heterocycles. The van der Waals surface area contributed by atoms with Crippen molar-refractivity contribution in [2.24, 2.45) is 0 Å². The van der Waals surface area contributed by atoms with Gasteiger partial charge in [0.2, 0.25) is 5.78 Å². The first kappa shape index (κ1) is 17.4. The second kappa shape index (κ2) is 7.28. The number of nitrogens with one attached hydrogen (secondary N) is 1. The van der Waals surface area contributed by atoms with Crippen molar-refractivity contribution in [2.75, 3.05) is 24.3 Å². The smallest absolute Gasteiger partial charge is 0.206 e. The molecule has 27 heavy (non-hydrogen) atoms. The first-order valence-electron chi connectivity index (χ1n) is 8.64. The summed E-state index contributed by atoms with van der Waals surface area (Å²) in [5, 5.41) is 3.92. The number of hydrogen-bond donors (Lipinski definition) is 2. The van der Waals surface area contributed by atoms with E-state index in [1.54, 1.807) is 18.2 Å². The van der Waals surface area contributed by atoms with E-state index in [-0.39, 0.29) is 17.6 Å². The number of nitrogens with two attached hydrogens (primary N) is 1. The van der Waals surface area contributed by atoms with Crippen LogP contribution in [0.15, 0.2) is 48.5 Å². The Hall–Kier alpha value is -3.06. The van der Waals surface area contributed by atoms with Gasteiger partial charge < -0.3 is 20.5 Å². The van der Waals surface area contributed by atoms with E-state index in [0.717, 1.165) is 5.56 Å². The predicted octanol–water partition coefficient (Wildman–Crippen LogP) is 3.90. The van der Waals surface area contributed by atoms with E-state index in [1.807, 2.05) is 37.3 Å². The summed E-state index contributed by atoms with van der Waals surface area (Å²) in [6.45, 7) is 3.02. The van der Waals surface area contributed by atoms with Crippen molar-refractivity contribution in [1.82, 2.24) is 4.98 Å². The van der Waals surface area contributed by atoms with Crippen LogP contribution in [0.2, 0.25) is 0 Å². The molecule has 0 radical (unpaired) electrons. The fourth-order valence-corrected chi connectivity index (χ4v) is 3.82. The highest BCUT2D eigenvalue weighted by atomic mass is 32.1. The fourth-order valence-electron chi connectivity index (χ4n) is 2.88. The zero-order chi connectivity index (χ0) is 18.8. The van der Waals surface area contributed by atoms with Gasteiger partial charge in [-0.15, -0.1) is 0 Å². The normalized spacial score (nSPS) is 13.8. The molecule has 0 spiro atoms. The molecule has 3 N–H and O–H groups in total. The molecule has 2 heterocycles. The lowest BCUT2D eigenvalue weighted by atomic mass is 10.1. The molecule has 138 valence electrons. The van der Waals surface area contributed by atoms with E-state index in [9.17, 15) is 4.79 Å². The number of nitrogens with zero attached hydrogens (tertiary/aromatic N) is 1. The number of ether oxygens (including phenoxy) is 2. The number of aromatic nitrogens is 1. The summed E-state index contributed by atoms with van der Waals surface area (Å²) in [6, 6.07) is 15.2. The van der Waals surface area contributed by atoms with Crippen LogP contribution in [0, 0.1) is 0 Å². The van der Waals surface area contributed by atoms with Crippen LogP contribution in [0.5, 0.6) is 11.5 Å². The Labute approximate surface area is 161 Å². The Morgan fingerprint density at radius 2 is 1.89 bits per heavy atom. The number of carbonyl (C=O) groups is 1. The molecule has 1 atom stereocenters. The lowest BCUT2D eigenvalue weighted by molar-refractivity contribution is 0.104. The van der Waals surface area contributed by atoms with Crippen LogP contribution in [0.25, 0.3) is 0 Å². The maximum Gasteiger partial charge on any atom is 0.206 e. The quantitative estimate of drug-likeness (QED) is 0.652. The Bertz CT molecular complexity index is 972. The van der Waals surface area contributed by atoms with Crippen molar-refractivity contribution in [3.63, 3.8) is 0 Å². The maximum atomic E-state index is 12.9. The Morgan fingerprint density at radius 3 is 2.67 bits per heavy atom. The molecule has 1 aromatic heterocycles. The van der Waals surface area contributed by atoms with Gasteiger partial charge in [-0.05, 0) is 30.7 Å². The number of benzene rings is 2. The van der Waals surface area contributed by atoms with E-state index in [1.165, 1.54) is 11.3 Å². The Kier molecular flexibility index (Phi) is 4.68. The summed E-state index contributed by atoms with van der Waals surface area (Å²) in [6.07, 6.45) is 0. The second-order valence-electron chi connectivity index (χ2n) is 6.20. The van der Waals surface area contributed by atoms with Gasteiger partial charge in [0.05, 0.1) is 6.04 Å². The minimum Gasteiger partial charge on any atom is -0.486 e. The molecule has 6 nitrogen and oxygen atoms in total. The van der Waals surface area contributed by atoms with Gasteiger partial charge in [-0.2, -0.15) is 0 Å². The molecule has 3 aromatic rings. The van der Waals surface area contributed by atoms with Crippen LogP contribution in [0.4, 0.5) is 10.9 Å². The van der Waals surface area contributed by atoms with Gasteiger partial charge in [0.15, 0.2) is 16.6 Å². The van der Waals surface area contributed by atoms with Crippen LogP contribution in [-0.2, 0) is 0 Å². The van der Waals surface area contributed by atoms with Crippen LogP contribution in [-0.4, -0.2) is 24.0 Å². The minimum absolute atomic E-state index is 0.0500. The molecule has 4 rings (SSSR count). The predicted molar refractivity (Wildman–Crippen MR) is 106 cm³/mol. The molecule has 0 aliphatic carbocycles. The lowest BCUT2D eigenvalue weighted by Crippen LogP contribution is -2.15. The van der Waals surface area contributed by atoms with Crippen molar-refractivity contribution >= 4 is 28.1 Å². The molecule has 1 aliphatic rings. The largest absolute Gasteiger partial charge is 0.486 e. The summed E-state index contributed by atoms with van der Waals surface area (Å²) < 4.78 is 11.1. The summed E-state index contributed by atoms with van der Waals surface area (Å²) in [4.78, 5) is 17.6. The topological polar surface area (TPSA) is 86.5 Å². The van der Waals surface area contributed by atoms with Gasteiger partial charge in [-0.1, -0.05) is 41.7 Å². The van der Waals surface area contributed by atoms with Gasteiger partial charge in [-0.3, -0.25) is 4.79 Å². The molecule has 0 saturated heterocycles. The summed E-state index contributed by atoms with van der Waals surface area (Å²) >= 11 is 1.25. The third-order valence-electron chi connectivity index (χ3n) is 4.30. The highest BCUT2D eigenvalue weighted by Crippen LogP contribution is 2.34. The first-order valence-corrected chi connectivity index (χ1v) is 9.45. The van der Waals surface area contributed by atoms with Crippen LogP contribution in [0.3, 0.4) is 0 Å². The van der Waals surface area contributed by atoms with Gasteiger partial charge in [-0.25, -0.2) is 4.98 Å². The average Bonchev–Trinajstić information content (AvgIpc) is 3.07. The number of hydrogen-bond acceptors (Lipinski definition) is 7. The highest BCUT2D eigenvalue weighted by Gasteiger charge is 2.21. The van der Waals surface area contributed by atoms with Crippen LogP contribution in [0.1, 0.15) is 33.8 Å². The van der Waals surface area contributed by atoms with Gasteiger partial charge in [0.25, 0.3) is 0 Å². The minimum atomic E-state index is -0.178. The molecule has 0 saturated carbocycles. The molecule has 7 heteroatoms. The number of thiazole rings is 1. The number of anilines is 2. The van der Waals surface area contributed by atoms with Gasteiger partial charge in [0.1, 0.15) is 23.9 Å². The number of ketones is 1. The van der Waals surface area contributed by atoms with E-state index < -0.39 is 0 Å². The molecule has 0 bridgehead atoms. The molecule has 1 unspecified atom stereocenters. The summed E-state index contributed by atoms with van der Waals surface area (Å²) in [5.41, 5.74) is 7.64. The third kappa shape index (κ3) is 3.59. The Balaban J connectivity index is 1.55. The number of fused-ring (bicyclic) bond motifs is 1. The monoisotopic (exact) mass is 381 g/mol. The summed E-state index contributed by atoms with van der Waals surface area (Å²) in [5.74, 6) is 1.27. The Morgan fingerprint density at radius 1 is 1.15 bits per heavy atom. The SMILES string of the molecule is CC(Nc1nc(N)c(C(=O)c2ccc3c(c2)OCCO3)s1)c1ccccc1. The van der Waals surface area contributed by atoms with E-state index in [0.29, 0.717) is 40.3 Å².